The monoisotopic (exact) mass is 359 g/mol. The average Bonchev–Trinajstić information content (AvgIpc) is 3.02. The predicted octanol–water partition coefficient (Wildman–Crippen LogP) is 3.23. The van der Waals surface area contributed by atoms with Crippen molar-refractivity contribution in [3.8, 4) is 11.5 Å². The number of carbonyl (C=O) groups excluding carboxylic acids is 1. The van der Waals surface area contributed by atoms with Gasteiger partial charge in [0.25, 0.3) is 11.6 Å². The van der Waals surface area contributed by atoms with Crippen LogP contribution in [0.2, 0.25) is 0 Å². The maximum Gasteiger partial charge on any atom is 0.269 e. The minimum Gasteiger partial charge on any atom is -0.494 e. The molecule has 0 radical (unpaired) electrons. The number of ether oxygens (including phenoxy) is 2. The lowest BCUT2D eigenvalue weighted by Crippen LogP contribution is -2.19. The van der Waals surface area contributed by atoms with Crippen LogP contribution in [0.1, 0.15) is 0 Å². The maximum absolute atomic E-state index is 12.0. The smallest absolute Gasteiger partial charge is 0.269 e. The number of nitro groups is 1. The standard InChI is InChI=1S/C16H13N3O5S/c1-23-12-3-2-4-13-15(12)18-16(25-13)17-14(20)9-24-11-7-5-10(6-8-11)19(21)22/h2-8H,9H2,1H3,(H,17,18,20). The second-order valence-corrected chi connectivity index (χ2v) is 5.94. The van der Waals surface area contributed by atoms with Gasteiger partial charge in [-0.2, -0.15) is 0 Å². The molecule has 1 N–H and O–H groups in total. The van der Waals surface area contributed by atoms with Crippen LogP contribution in [0.4, 0.5) is 10.8 Å². The number of amides is 1. The minimum absolute atomic E-state index is 0.0415. The van der Waals surface area contributed by atoms with E-state index in [1.807, 2.05) is 12.1 Å². The first kappa shape index (κ1) is 16.7. The second kappa shape index (κ2) is 7.14. The molecule has 3 aromatic rings. The highest BCUT2D eigenvalue weighted by Gasteiger charge is 2.12. The van der Waals surface area contributed by atoms with E-state index >= 15 is 0 Å². The molecule has 1 heterocycles. The summed E-state index contributed by atoms with van der Waals surface area (Å²) in [4.78, 5) is 26.4. The highest BCUT2D eigenvalue weighted by molar-refractivity contribution is 7.22. The summed E-state index contributed by atoms with van der Waals surface area (Å²) in [5, 5.41) is 13.7. The molecule has 3 rings (SSSR count). The summed E-state index contributed by atoms with van der Waals surface area (Å²) in [6.45, 7) is -0.231. The zero-order chi connectivity index (χ0) is 17.8. The summed E-state index contributed by atoms with van der Waals surface area (Å²) in [6.07, 6.45) is 0. The van der Waals surface area contributed by atoms with Gasteiger partial charge in [0.2, 0.25) is 0 Å². The van der Waals surface area contributed by atoms with Crippen LogP contribution in [0.15, 0.2) is 42.5 Å². The van der Waals surface area contributed by atoms with E-state index in [4.69, 9.17) is 9.47 Å². The number of hydrogen-bond donors (Lipinski definition) is 1. The van der Waals surface area contributed by atoms with Crippen molar-refractivity contribution in [2.75, 3.05) is 19.0 Å². The molecule has 1 aromatic heterocycles. The first-order valence-electron chi connectivity index (χ1n) is 7.17. The van der Waals surface area contributed by atoms with E-state index in [2.05, 4.69) is 10.3 Å². The molecule has 2 aromatic carbocycles. The molecule has 0 fully saturated rings. The van der Waals surface area contributed by atoms with Gasteiger partial charge in [-0.25, -0.2) is 4.98 Å². The minimum atomic E-state index is -0.502. The van der Waals surface area contributed by atoms with E-state index in [1.54, 1.807) is 13.2 Å². The Hall–Kier alpha value is -3.20. The van der Waals surface area contributed by atoms with E-state index in [1.165, 1.54) is 35.6 Å². The number of para-hydroxylation sites is 1. The number of fused-ring (bicyclic) bond motifs is 1. The summed E-state index contributed by atoms with van der Waals surface area (Å²) in [7, 11) is 1.56. The fraction of sp³-hybridized carbons (Fsp3) is 0.125. The van der Waals surface area contributed by atoms with Crippen LogP contribution in [0.3, 0.4) is 0 Å². The van der Waals surface area contributed by atoms with Crippen LogP contribution in [0.25, 0.3) is 10.2 Å². The van der Waals surface area contributed by atoms with E-state index in [0.717, 1.165) is 4.70 Å². The van der Waals surface area contributed by atoms with Gasteiger partial charge in [0, 0.05) is 12.1 Å². The number of nitro benzene ring substituents is 1. The average molecular weight is 359 g/mol. The molecule has 0 unspecified atom stereocenters. The Bertz CT molecular complexity index is 923. The number of anilines is 1. The number of non-ortho nitro benzene ring substituents is 1. The van der Waals surface area contributed by atoms with Crippen molar-refractivity contribution in [3.63, 3.8) is 0 Å². The predicted molar refractivity (Wildman–Crippen MR) is 93.4 cm³/mol. The van der Waals surface area contributed by atoms with Crippen LogP contribution in [0.5, 0.6) is 11.5 Å². The molecular weight excluding hydrogens is 346 g/mol. The quantitative estimate of drug-likeness (QED) is 0.535. The third-order valence-corrected chi connectivity index (χ3v) is 4.20. The number of nitrogens with one attached hydrogen (secondary N) is 1. The molecule has 9 heteroatoms. The van der Waals surface area contributed by atoms with E-state index in [0.29, 0.717) is 22.1 Å². The fourth-order valence-corrected chi connectivity index (χ4v) is 3.01. The van der Waals surface area contributed by atoms with Gasteiger partial charge in [-0.1, -0.05) is 17.4 Å². The van der Waals surface area contributed by atoms with Crippen molar-refractivity contribution in [2.45, 2.75) is 0 Å². The van der Waals surface area contributed by atoms with Crippen molar-refractivity contribution in [2.24, 2.45) is 0 Å². The van der Waals surface area contributed by atoms with Gasteiger partial charge in [0.05, 0.1) is 16.7 Å². The zero-order valence-corrected chi connectivity index (χ0v) is 13.9. The lowest BCUT2D eigenvalue weighted by Gasteiger charge is -2.05. The van der Waals surface area contributed by atoms with Gasteiger partial charge >= 0.3 is 0 Å². The molecule has 25 heavy (non-hydrogen) atoms. The number of methoxy groups -OCH3 is 1. The fourth-order valence-electron chi connectivity index (χ4n) is 2.11. The number of rotatable bonds is 6. The number of aromatic nitrogens is 1. The summed E-state index contributed by atoms with van der Waals surface area (Å²) in [5.74, 6) is 0.625. The van der Waals surface area contributed by atoms with Crippen molar-refractivity contribution < 1.29 is 19.2 Å². The van der Waals surface area contributed by atoms with Gasteiger partial charge in [-0.15, -0.1) is 0 Å². The lowest BCUT2D eigenvalue weighted by atomic mass is 10.3. The van der Waals surface area contributed by atoms with Gasteiger partial charge in [0.15, 0.2) is 11.7 Å². The molecule has 0 saturated carbocycles. The van der Waals surface area contributed by atoms with E-state index in [-0.39, 0.29) is 18.2 Å². The van der Waals surface area contributed by atoms with Crippen LogP contribution in [-0.2, 0) is 4.79 Å². The SMILES string of the molecule is COc1cccc2sc(NC(=O)COc3ccc([N+](=O)[O-])cc3)nc12. The van der Waals surface area contributed by atoms with Gasteiger partial charge in [-0.05, 0) is 24.3 Å². The molecule has 1 amide bonds. The van der Waals surface area contributed by atoms with Crippen LogP contribution in [0, 0.1) is 10.1 Å². The molecule has 0 atom stereocenters. The molecule has 0 aliphatic rings. The van der Waals surface area contributed by atoms with Gasteiger partial charge in [-0.3, -0.25) is 20.2 Å². The van der Waals surface area contributed by atoms with Crippen LogP contribution in [-0.4, -0.2) is 29.5 Å². The summed E-state index contributed by atoms with van der Waals surface area (Å²) in [6, 6.07) is 11.0. The molecule has 0 saturated heterocycles. The first-order chi connectivity index (χ1) is 12.1. The van der Waals surface area contributed by atoms with E-state index in [9.17, 15) is 14.9 Å². The molecule has 128 valence electrons. The number of carbonyl (C=O) groups is 1. The summed E-state index contributed by atoms with van der Waals surface area (Å²) >= 11 is 1.33. The lowest BCUT2D eigenvalue weighted by molar-refractivity contribution is -0.384. The van der Waals surface area contributed by atoms with Crippen LogP contribution < -0.4 is 14.8 Å². The Balaban J connectivity index is 1.61. The molecule has 0 spiro atoms. The molecule has 8 nitrogen and oxygen atoms in total. The summed E-state index contributed by atoms with van der Waals surface area (Å²) < 4.78 is 11.4. The molecule has 0 aliphatic carbocycles. The maximum atomic E-state index is 12.0. The molecular formula is C16H13N3O5S. The Morgan fingerprint density at radius 1 is 1.28 bits per heavy atom. The third kappa shape index (κ3) is 3.83. The number of nitrogens with zero attached hydrogens (tertiary/aromatic N) is 2. The van der Waals surface area contributed by atoms with Crippen molar-refractivity contribution in [1.29, 1.82) is 0 Å². The Kier molecular flexibility index (Phi) is 4.75. The molecule has 0 aliphatic heterocycles. The Labute approximate surface area is 146 Å². The largest absolute Gasteiger partial charge is 0.494 e. The zero-order valence-electron chi connectivity index (χ0n) is 13.1. The van der Waals surface area contributed by atoms with Gasteiger partial charge in [0.1, 0.15) is 17.0 Å². The Morgan fingerprint density at radius 3 is 2.72 bits per heavy atom. The topological polar surface area (TPSA) is 104 Å². The van der Waals surface area contributed by atoms with E-state index < -0.39 is 4.92 Å². The molecule has 0 bridgehead atoms. The highest BCUT2D eigenvalue weighted by Crippen LogP contribution is 2.32. The number of thiazole rings is 1. The van der Waals surface area contributed by atoms with Crippen molar-refractivity contribution in [3.05, 3.63) is 52.6 Å². The third-order valence-electron chi connectivity index (χ3n) is 3.27. The first-order valence-corrected chi connectivity index (χ1v) is 7.99. The van der Waals surface area contributed by atoms with Crippen molar-refractivity contribution >= 4 is 38.3 Å². The summed E-state index contributed by atoms with van der Waals surface area (Å²) in [5.41, 5.74) is 0.641. The number of hydrogen-bond acceptors (Lipinski definition) is 7. The Morgan fingerprint density at radius 2 is 2.04 bits per heavy atom. The highest BCUT2D eigenvalue weighted by atomic mass is 32.1. The second-order valence-electron chi connectivity index (χ2n) is 4.91. The van der Waals surface area contributed by atoms with Crippen LogP contribution >= 0.6 is 11.3 Å². The number of benzene rings is 2. The van der Waals surface area contributed by atoms with Gasteiger partial charge < -0.3 is 9.47 Å². The van der Waals surface area contributed by atoms with Crippen molar-refractivity contribution in [1.82, 2.24) is 4.98 Å². The normalized spacial score (nSPS) is 10.4.